The standard InChI is InChI=1S/C14H25N3O/c1-3-5-6-12(4-2)14(18)13(15)7-9-17-10-8-16-11-17/h8,10-13H,3-7,9,15H2,1-2H3. The van der Waals surface area contributed by atoms with Crippen molar-refractivity contribution < 1.29 is 4.79 Å². The molecule has 1 aromatic heterocycles. The molecule has 0 spiro atoms. The molecule has 0 amide bonds. The van der Waals surface area contributed by atoms with Crippen molar-refractivity contribution in [3.05, 3.63) is 18.7 Å². The Morgan fingerprint density at radius 2 is 2.17 bits per heavy atom. The summed E-state index contributed by atoms with van der Waals surface area (Å²) >= 11 is 0. The predicted molar refractivity (Wildman–Crippen MR) is 73.1 cm³/mol. The first-order chi connectivity index (χ1) is 8.69. The van der Waals surface area contributed by atoms with Crippen molar-refractivity contribution in [1.29, 1.82) is 0 Å². The molecule has 18 heavy (non-hydrogen) atoms. The van der Waals surface area contributed by atoms with Crippen LogP contribution >= 0.6 is 0 Å². The molecule has 2 atom stereocenters. The van der Waals surface area contributed by atoms with E-state index in [9.17, 15) is 4.79 Å². The zero-order chi connectivity index (χ0) is 13.4. The monoisotopic (exact) mass is 251 g/mol. The molecule has 0 fully saturated rings. The summed E-state index contributed by atoms with van der Waals surface area (Å²) in [4.78, 5) is 16.2. The fourth-order valence-electron chi connectivity index (χ4n) is 2.15. The number of ketones is 1. The lowest BCUT2D eigenvalue weighted by molar-refractivity contribution is -0.124. The van der Waals surface area contributed by atoms with Gasteiger partial charge >= 0.3 is 0 Å². The van der Waals surface area contributed by atoms with Crippen LogP contribution in [0, 0.1) is 5.92 Å². The van der Waals surface area contributed by atoms with Crippen LogP contribution in [0.25, 0.3) is 0 Å². The molecule has 1 rings (SSSR count). The third-order valence-corrected chi connectivity index (χ3v) is 3.42. The average Bonchev–Trinajstić information content (AvgIpc) is 2.89. The van der Waals surface area contributed by atoms with Crippen LogP contribution < -0.4 is 5.73 Å². The quantitative estimate of drug-likeness (QED) is 0.733. The number of hydrogen-bond acceptors (Lipinski definition) is 3. The molecule has 0 saturated heterocycles. The Morgan fingerprint density at radius 1 is 1.39 bits per heavy atom. The predicted octanol–water partition coefficient (Wildman–Crippen LogP) is 2.39. The molecule has 0 saturated carbocycles. The average molecular weight is 251 g/mol. The lowest BCUT2D eigenvalue weighted by Gasteiger charge is -2.18. The number of aryl methyl sites for hydroxylation is 1. The van der Waals surface area contributed by atoms with Gasteiger partial charge in [-0.2, -0.15) is 0 Å². The first-order valence-corrected chi connectivity index (χ1v) is 6.94. The van der Waals surface area contributed by atoms with Gasteiger partial charge in [0.25, 0.3) is 0 Å². The molecule has 2 unspecified atom stereocenters. The molecule has 0 aromatic carbocycles. The molecule has 1 heterocycles. The Kier molecular flexibility index (Phi) is 6.65. The van der Waals surface area contributed by atoms with Crippen LogP contribution in [0.3, 0.4) is 0 Å². The normalized spacial score (nSPS) is 14.4. The summed E-state index contributed by atoms with van der Waals surface area (Å²) in [5, 5.41) is 0. The maximum absolute atomic E-state index is 12.2. The molecular formula is C14H25N3O. The number of imidazole rings is 1. The Balaban J connectivity index is 2.38. The molecule has 1 aromatic rings. The number of nitrogens with zero attached hydrogens (tertiary/aromatic N) is 2. The van der Waals surface area contributed by atoms with Crippen molar-refractivity contribution in [1.82, 2.24) is 9.55 Å². The number of carbonyl (C=O) groups is 1. The number of hydrogen-bond donors (Lipinski definition) is 1. The van der Waals surface area contributed by atoms with Gasteiger partial charge in [-0.15, -0.1) is 0 Å². The highest BCUT2D eigenvalue weighted by molar-refractivity contribution is 5.85. The summed E-state index contributed by atoms with van der Waals surface area (Å²) in [6.07, 6.45) is 10.2. The van der Waals surface area contributed by atoms with E-state index < -0.39 is 0 Å². The second-order valence-corrected chi connectivity index (χ2v) is 4.85. The van der Waals surface area contributed by atoms with Gasteiger partial charge in [-0.1, -0.05) is 26.7 Å². The minimum Gasteiger partial charge on any atom is -0.337 e. The SMILES string of the molecule is CCCCC(CC)C(=O)C(N)CCn1ccnc1. The Morgan fingerprint density at radius 3 is 2.72 bits per heavy atom. The molecule has 4 heteroatoms. The van der Waals surface area contributed by atoms with E-state index in [0.29, 0.717) is 6.42 Å². The summed E-state index contributed by atoms with van der Waals surface area (Å²) in [5.41, 5.74) is 6.00. The Bertz CT molecular complexity index is 335. The zero-order valence-corrected chi connectivity index (χ0v) is 11.5. The van der Waals surface area contributed by atoms with Gasteiger partial charge in [0, 0.05) is 24.9 Å². The summed E-state index contributed by atoms with van der Waals surface area (Å²) in [6, 6.07) is -0.339. The van der Waals surface area contributed by atoms with E-state index in [2.05, 4.69) is 18.8 Å². The highest BCUT2D eigenvalue weighted by Crippen LogP contribution is 2.16. The van der Waals surface area contributed by atoms with Gasteiger partial charge < -0.3 is 10.3 Å². The fraction of sp³-hybridized carbons (Fsp3) is 0.714. The maximum atomic E-state index is 12.2. The van der Waals surface area contributed by atoms with E-state index in [1.807, 2.05) is 10.8 Å². The van der Waals surface area contributed by atoms with Crippen LogP contribution in [0.15, 0.2) is 18.7 Å². The molecule has 102 valence electrons. The molecule has 0 aliphatic heterocycles. The maximum Gasteiger partial charge on any atom is 0.152 e. The fourth-order valence-corrected chi connectivity index (χ4v) is 2.15. The van der Waals surface area contributed by atoms with Crippen molar-refractivity contribution in [3.63, 3.8) is 0 Å². The molecule has 0 radical (unpaired) electrons. The third kappa shape index (κ3) is 4.61. The van der Waals surface area contributed by atoms with Crippen molar-refractivity contribution in [2.75, 3.05) is 0 Å². The van der Waals surface area contributed by atoms with Crippen LogP contribution in [0.1, 0.15) is 46.0 Å². The van der Waals surface area contributed by atoms with Gasteiger partial charge in [0.15, 0.2) is 5.78 Å². The topological polar surface area (TPSA) is 60.9 Å². The Labute approximate surface area is 110 Å². The molecule has 0 bridgehead atoms. The van der Waals surface area contributed by atoms with Gasteiger partial charge in [-0.3, -0.25) is 4.79 Å². The number of rotatable bonds is 9. The lowest BCUT2D eigenvalue weighted by Crippen LogP contribution is -2.36. The summed E-state index contributed by atoms with van der Waals surface area (Å²) in [7, 11) is 0. The number of aromatic nitrogens is 2. The zero-order valence-electron chi connectivity index (χ0n) is 11.5. The van der Waals surface area contributed by atoms with Crippen LogP contribution in [0.5, 0.6) is 0 Å². The third-order valence-electron chi connectivity index (χ3n) is 3.42. The van der Waals surface area contributed by atoms with Crippen LogP contribution in [0.4, 0.5) is 0 Å². The molecule has 2 N–H and O–H groups in total. The highest BCUT2D eigenvalue weighted by atomic mass is 16.1. The number of carbonyl (C=O) groups excluding carboxylic acids is 1. The summed E-state index contributed by atoms with van der Waals surface area (Å²) in [5.74, 6) is 0.369. The van der Waals surface area contributed by atoms with E-state index in [1.54, 1.807) is 12.5 Å². The van der Waals surface area contributed by atoms with E-state index in [4.69, 9.17) is 5.73 Å². The second kappa shape index (κ2) is 8.03. The van der Waals surface area contributed by atoms with Gasteiger partial charge in [0.1, 0.15) is 0 Å². The van der Waals surface area contributed by atoms with E-state index in [-0.39, 0.29) is 17.7 Å². The molecule has 4 nitrogen and oxygen atoms in total. The highest BCUT2D eigenvalue weighted by Gasteiger charge is 2.22. The Hall–Kier alpha value is -1.16. The summed E-state index contributed by atoms with van der Waals surface area (Å²) < 4.78 is 1.96. The van der Waals surface area contributed by atoms with Gasteiger partial charge in [0.2, 0.25) is 0 Å². The number of Topliss-reactive ketones (excluding diaryl/α,β-unsaturated/α-hetero) is 1. The minimum absolute atomic E-state index is 0.141. The number of nitrogens with two attached hydrogens (primary N) is 1. The molecule has 0 aliphatic carbocycles. The van der Waals surface area contributed by atoms with Crippen LogP contribution in [-0.4, -0.2) is 21.4 Å². The number of unbranched alkanes of at least 4 members (excludes halogenated alkanes) is 1. The van der Waals surface area contributed by atoms with Crippen LogP contribution in [-0.2, 0) is 11.3 Å². The minimum atomic E-state index is -0.339. The van der Waals surface area contributed by atoms with E-state index in [1.165, 1.54) is 0 Å². The molecular weight excluding hydrogens is 226 g/mol. The summed E-state index contributed by atoms with van der Waals surface area (Å²) in [6.45, 7) is 4.98. The van der Waals surface area contributed by atoms with E-state index in [0.717, 1.165) is 32.2 Å². The first-order valence-electron chi connectivity index (χ1n) is 6.94. The van der Waals surface area contributed by atoms with Crippen LogP contribution in [0.2, 0.25) is 0 Å². The molecule has 0 aliphatic rings. The lowest BCUT2D eigenvalue weighted by atomic mass is 9.90. The van der Waals surface area contributed by atoms with Crippen molar-refractivity contribution in [2.45, 2.75) is 58.5 Å². The van der Waals surface area contributed by atoms with Crippen molar-refractivity contribution in [2.24, 2.45) is 11.7 Å². The van der Waals surface area contributed by atoms with E-state index >= 15 is 0 Å². The van der Waals surface area contributed by atoms with Gasteiger partial charge in [-0.25, -0.2) is 4.98 Å². The van der Waals surface area contributed by atoms with Crippen molar-refractivity contribution >= 4 is 5.78 Å². The second-order valence-electron chi connectivity index (χ2n) is 4.85. The van der Waals surface area contributed by atoms with Gasteiger partial charge in [0.05, 0.1) is 12.4 Å². The van der Waals surface area contributed by atoms with Crippen molar-refractivity contribution in [3.8, 4) is 0 Å². The largest absolute Gasteiger partial charge is 0.337 e. The smallest absolute Gasteiger partial charge is 0.152 e. The van der Waals surface area contributed by atoms with Gasteiger partial charge in [-0.05, 0) is 19.3 Å². The first kappa shape index (κ1) is 14.9.